The van der Waals surface area contributed by atoms with E-state index in [1.807, 2.05) is 0 Å². The number of benzene rings is 1. The van der Waals surface area contributed by atoms with Crippen LogP contribution in [0.15, 0.2) is 40.2 Å². The predicted molar refractivity (Wildman–Crippen MR) is 70.5 cm³/mol. The van der Waals surface area contributed by atoms with E-state index in [1.54, 1.807) is 0 Å². The van der Waals surface area contributed by atoms with Crippen LogP contribution in [-0.4, -0.2) is 29.5 Å². The molecule has 0 aliphatic heterocycles. The van der Waals surface area contributed by atoms with Crippen molar-refractivity contribution in [3.8, 4) is 0 Å². The van der Waals surface area contributed by atoms with Gasteiger partial charge in [-0.2, -0.15) is 8.42 Å². The number of hydrogen-bond donors (Lipinski definition) is 3. The van der Waals surface area contributed by atoms with E-state index in [2.05, 4.69) is 30.6 Å². The van der Waals surface area contributed by atoms with E-state index in [9.17, 15) is 13.2 Å². The summed E-state index contributed by atoms with van der Waals surface area (Å²) in [7, 11) is -3.77. The van der Waals surface area contributed by atoms with Crippen LogP contribution in [0.3, 0.4) is 0 Å². The third-order valence-electron chi connectivity index (χ3n) is 2.22. The van der Waals surface area contributed by atoms with Gasteiger partial charge in [0.2, 0.25) is 0 Å². The molecule has 7 nitrogen and oxygen atoms in total. The summed E-state index contributed by atoms with van der Waals surface area (Å²) in [6.07, 6.45) is 2.42. The van der Waals surface area contributed by atoms with Crippen molar-refractivity contribution in [3.05, 3.63) is 40.8 Å². The van der Waals surface area contributed by atoms with Crippen molar-refractivity contribution in [2.24, 2.45) is 0 Å². The van der Waals surface area contributed by atoms with Crippen molar-refractivity contribution in [2.75, 3.05) is 4.72 Å². The highest BCUT2D eigenvalue weighted by atomic mass is 79.9. The molecule has 0 bridgehead atoms. The molecular formula is C10H8BrN3O4S. The summed E-state index contributed by atoms with van der Waals surface area (Å²) < 4.78 is 26.5. The molecule has 1 heterocycles. The highest BCUT2D eigenvalue weighted by molar-refractivity contribution is 9.10. The van der Waals surface area contributed by atoms with Crippen LogP contribution in [0, 0.1) is 0 Å². The van der Waals surface area contributed by atoms with Gasteiger partial charge in [0, 0.05) is 4.47 Å². The highest BCUT2D eigenvalue weighted by Crippen LogP contribution is 2.25. The Labute approximate surface area is 116 Å². The molecule has 2 aromatic rings. The number of nitrogens with one attached hydrogen (secondary N) is 2. The lowest BCUT2D eigenvalue weighted by Crippen LogP contribution is -2.14. The maximum absolute atomic E-state index is 11.9. The third kappa shape index (κ3) is 2.93. The number of carboxylic acids is 1. The maximum Gasteiger partial charge on any atom is 0.335 e. The standard InChI is InChI=1S/C10H8BrN3O4S/c11-7-3-6(10(15)16)1-2-8(7)14-19(17,18)9-4-12-5-13-9/h1-5,14H,(H,12,13)(H,15,16). The zero-order chi connectivity index (χ0) is 14.0. The summed E-state index contributed by atoms with van der Waals surface area (Å²) in [4.78, 5) is 16.9. The molecule has 1 aromatic carbocycles. The average molecular weight is 346 g/mol. The Morgan fingerprint density at radius 3 is 2.68 bits per heavy atom. The monoisotopic (exact) mass is 345 g/mol. The minimum atomic E-state index is -3.77. The van der Waals surface area contributed by atoms with E-state index in [1.165, 1.54) is 30.7 Å². The summed E-state index contributed by atoms with van der Waals surface area (Å²) >= 11 is 3.12. The Morgan fingerprint density at radius 1 is 1.42 bits per heavy atom. The van der Waals surface area contributed by atoms with E-state index in [-0.39, 0.29) is 16.3 Å². The van der Waals surface area contributed by atoms with Gasteiger partial charge in [-0.25, -0.2) is 9.78 Å². The number of rotatable bonds is 4. The van der Waals surface area contributed by atoms with Crippen molar-refractivity contribution in [2.45, 2.75) is 5.03 Å². The van der Waals surface area contributed by atoms with Gasteiger partial charge in [0.05, 0.1) is 23.8 Å². The molecule has 100 valence electrons. The van der Waals surface area contributed by atoms with Gasteiger partial charge in [-0.1, -0.05) is 0 Å². The molecule has 0 aliphatic rings. The number of carbonyl (C=O) groups is 1. The number of halogens is 1. The van der Waals surface area contributed by atoms with Gasteiger partial charge in [-0.3, -0.25) is 4.72 Å². The number of nitrogens with zero attached hydrogens (tertiary/aromatic N) is 1. The molecule has 0 unspecified atom stereocenters. The fourth-order valence-electron chi connectivity index (χ4n) is 1.32. The molecule has 0 aliphatic carbocycles. The number of H-pyrrole nitrogens is 1. The average Bonchev–Trinajstić information content (AvgIpc) is 2.85. The van der Waals surface area contributed by atoms with E-state index < -0.39 is 16.0 Å². The smallest absolute Gasteiger partial charge is 0.335 e. The molecule has 1 aromatic heterocycles. The Balaban J connectivity index is 2.32. The highest BCUT2D eigenvalue weighted by Gasteiger charge is 2.17. The first kappa shape index (κ1) is 13.6. The number of hydrogen-bond acceptors (Lipinski definition) is 4. The van der Waals surface area contributed by atoms with Crippen molar-refractivity contribution < 1.29 is 18.3 Å². The lowest BCUT2D eigenvalue weighted by atomic mass is 10.2. The summed E-state index contributed by atoms with van der Waals surface area (Å²) in [5.41, 5.74) is 0.288. The van der Waals surface area contributed by atoms with Crippen LogP contribution >= 0.6 is 15.9 Å². The third-order valence-corrected chi connectivity index (χ3v) is 4.17. The second-order valence-corrected chi connectivity index (χ2v) is 6.03. The number of sulfonamides is 1. The van der Waals surface area contributed by atoms with Crippen LogP contribution in [0.4, 0.5) is 5.69 Å². The quantitative estimate of drug-likeness (QED) is 0.780. The van der Waals surface area contributed by atoms with Gasteiger partial charge in [-0.05, 0) is 34.1 Å². The number of carboxylic acid groups (broad SMARTS) is 1. The summed E-state index contributed by atoms with van der Waals surface area (Å²) in [6.45, 7) is 0. The van der Waals surface area contributed by atoms with Crippen molar-refractivity contribution >= 4 is 37.6 Å². The Hall–Kier alpha value is -1.87. The van der Waals surface area contributed by atoms with E-state index >= 15 is 0 Å². The van der Waals surface area contributed by atoms with Crippen LogP contribution in [0.1, 0.15) is 10.4 Å². The minimum Gasteiger partial charge on any atom is -0.478 e. The largest absolute Gasteiger partial charge is 0.478 e. The van der Waals surface area contributed by atoms with Gasteiger partial charge in [0.25, 0.3) is 10.0 Å². The fourth-order valence-corrected chi connectivity index (χ4v) is 2.91. The SMILES string of the molecule is O=C(O)c1ccc(NS(=O)(=O)c2cnc[nH]2)c(Br)c1. The summed E-state index contributed by atoms with van der Waals surface area (Å²) in [5, 5.41) is 8.73. The Bertz CT molecular complexity index is 712. The number of anilines is 1. The van der Waals surface area contributed by atoms with E-state index in [4.69, 9.17) is 5.11 Å². The second kappa shape index (κ2) is 5.02. The zero-order valence-corrected chi connectivity index (χ0v) is 11.7. The topological polar surface area (TPSA) is 112 Å². The van der Waals surface area contributed by atoms with Gasteiger partial charge in [-0.15, -0.1) is 0 Å². The summed E-state index contributed by atoms with van der Waals surface area (Å²) in [5.74, 6) is -1.09. The number of aromatic nitrogens is 2. The number of aromatic amines is 1. The molecule has 19 heavy (non-hydrogen) atoms. The molecule has 0 saturated carbocycles. The zero-order valence-electron chi connectivity index (χ0n) is 9.29. The van der Waals surface area contributed by atoms with E-state index in [0.717, 1.165) is 0 Å². The molecule has 0 atom stereocenters. The van der Waals surface area contributed by atoms with Gasteiger partial charge >= 0.3 is 5.97 Å². The van der Waals surface area contributed by atoms with Crippen molar-refractivity contribution in [1.29, 1.82) is 0 Å². The van der Waals surface area contributed by atoms with Crippen LogP contribution in [0.5, 0.6) is 0 Å². The fraction of sp³-hybridized carbons (Fsp3) is 0. The first-order chi connectivity index (χ1) is 8.90. The molecule has 2 rings (SSSR count). The molecule has 9 heteroatoms. The normalized spacial score (nSPS) is 11.2. The molecule has 0 amide bonds. The number of imidazole rings is 1. The second-order valence-electron chi connectivity index (χ2n) is 3.52. The Morgan fingerprint density at radius 2 is 2.16 bits per heavy atom. The van der Waals surface area contributed by atoms with Crippen molar-refractivity contribution in [3.63, 3.8) is 0 Å². The van der Waals surface area contributed by atoms with Crippen LogP contribution < -0.4 is 4.72 Å². The Kier molecular flexibility index (Phi) is 3.58. The molecule has 0 saturated heterocycles. The van der Waals surface area contributed by atoms with Crippen LogP contribution in [-0.2, 0) is 10.0 Å². The molecule has 3 N–H and O–H groups in total. The number of aromatic carboxylic acids is 1. The lowest BCUT2D eigenvalue weighted by Gasteiger charge is -2.08. The summed E-state index contributed by atoms with van der Waals surface area (Å²) in [6, 6.07) is 3.98. The van der Waals surface area contributed by atoms with Gasteiger partial charge < -0.3 is 10.1 Å². The first-order valence-corrected chi connectivity index (χ1v) is 7.22. The van der Waals surface area contributed by atoms with Crippen LogP contribution in [0.2, 0.25) is 0 Å². The molecule has 0 fully saturated rings. The van der Waals surface area contributed by atoms with Crippen molar-refractivity contribution in [1.82, 2.24) is 9.97 Å². The van der Waals surface area contributed by atoms with Crippen LogP contribution in [0.25, 0.3) is 0 Å². The predicted octanol–water partition coefficient (Wildman–Crippen LogP) is 1.67. The molecular weight excluding hydrogens is 338 g/mol. The first-order valence-electron chi connectivity index (χ1n) is 4.94. The van der Waals surface area contributed by atoms with Gasteiger partial charge in [0.1, 0.15) is 0 Å². The van der Waals surface area contributed by atoms with E-state index in [0.29, 0.717) is 4.47 Å². The molecule has 0 radical (unpaired) electrons. The minimum absolute atomic E-state index is 0.0522. The molecule has 0 spiro atoms. The maximum atomic E-state index is 11.9. The lowest BCUT2D eigenvalue weighted by molar-refractivity contribution is 0.0697. The van der Waals surface area contributed by atoms with Gasteiger partial charge in [0.15, 0.2) is 5.03 Å².